The van der Waals surface area contributed by atoms with E-state index in [1.165, 1.54) is 38.5 Å². The minimum atomic E-state index is 0.776. The summed E-state index contributed by atoms with van der Waals surface area (Å²) in [6.07, 6.45) is 7.95. The molecule has 4 nitrogen and oxygen atoms in total. The van der Waals surface area contributed by atoms with Gasteiger partial charge in [0, 0.05) is 32.7 Å². The van der Waals surface area contributed by atoms with Gasteiger partial charge in [-0.15, -0.1) is 0 Å². The summed E-state index contributed by atoms with van der Waals surface area (Å²) in [5.74, 6) is 0. The van der Waals surface area contributed by atoms with Crippen LogP contribution in [0.15, 0.2) is 0 Å². The molecule has 19 heavy (non-hydrogen) atoms. The van der Waals surface area contributed by atoms with Gasteiger partial charge in [0.05, 0.1) is 0 Å². The summed E-state index contributed by atoms with van der Waals surface area (Å²) in [4.78, 5) is 2.34. The van der Waals surface area contributed by atoms with Gasteiger partial charge < -0.3 is 10.2 Å². The predicted octanol–water partition coefficient (Wildman–Crippen LogP) is 1.97. The second-order valence-corrected chi connectivity index (χ2v) is 5.83. The highest BCUT2D eigenvalue weighted by Crippen LogP contribution is 2.04. The number of piperazine rings is 1. The molecule has 0 aromatic rings. The van der Waals surface area contributed by atoms with Crippen LogP contribution < -0.4 is 10.7 Å². The molecule has 1 aliphatic rings. The van der Waals surface area contributed by atoms with E-state index >= 15 is 0 Å². The number of nitrogens with zero attached hydrogens (tertiary/aromatic N) is 2. The zero-order chi connectivity index (χ0) is 13.9. The molecule has 0 unspecified atom stereocenters. The molecule has 1 aliphatic heterocycles. The molecule has 112 valence electrons. The second-order valence-electron chi connectivity index (χ2n) is 5.43. The van der Waals surface area contributed by atoms with Crippen molar-refractivity contribution in [2.45, 2.75) is 45.4 Å². The molecule has 1 rings (SSSR count). The summed E-state index contributed by atoms with van der Waals surface area (Å²) in [5.41, 5.74) is 3.28. The van der Waals surface area contributed by atoms with Crippen LogP contribution in [0, 0.1) is 0 Å². The number of unbranched alkanes of at least 4 members (excludes halogenated alkanes) is 5. The van der Waals surface area contributed by atoms with Crippen LogP contribution in [0.25, 0.3) is 0 Å². The van der Waals surface area contributed by atoms with Crippen LogP contribution >= 0.6 is 12.2 Å². The predicted molar refractivity (Wildman–Crippen MR) is 86.2 cm³/mol. The maximum absolute atomic E-state index is 5.31. The van der Waals surface area contributed by atoms with Crippen molar-refractivity contribution in [3.05, 3.63) is 0 Å². The normalized spacial score (nSPS) is 17.4. The average Bonchev–Trinajstić information content (AvgIpc) is 2.40. The number of likely N-dealkylation sites (N-methyl/N-ethyl adjacent to an activating group) is 1. The first-order valence-electron chi connectivity index (χ1n) is 7.70. The summed E-state index contributed by atoms with van der Waals surface area (Å²) >= 11 is 5.31. The van der Waals surface area contributed by atoms with E-state index in [1.54, 1.807) is 0 Å². The number of rotatable bonds is 8. The molecule has 1 fully saturated rings. The molecule has 1 heterocycles. The molecule has 1 saturated heterocycles. The van der Waals surface area contributed by atoms with Crippen molar-refractivity contribution in [1.82, 2.24) is 20.7 Å². The Bertz CT molecular complexity index is 240. The third-order valence-corrected chi connectivity index (χ3v) is 3.81. The minimum absolute atomic E-state index is 0.776. The minimum Gasteiger partial charge on any atom is -0.362 e. The average molecular weight is 286 g/mol. The van der Waals surface area contributed by atoms with E-state index in [1.807, 2.05) is 0 Å². The van der Waals surface area contributed by atoms with Crippen molar-refractivity contribution in [3.63, 3.8) is 0 Å². The highest BCUT2D eigenvalue weighted by Gasteiger charge is 2.13. The van der Waals surface area contributed by atoms with Gasteiger partial charge in [0.25, 0.3) is 0 Å². The lowest BCUT2D eigenvalue weighted by molar-refractivity contribution is 0.130. The molecular weight excluding hydrogens is 256 g/mol. The first-order valence-corrected chi connectivity index (χ1v) is 8.11. The van der Waals surface area contributed by atoms with Gasteiger partial charge in [-0.05, 0) is 25.7 Å². The number of hydrazine groups is 1. The lowest BCUT2D eigenvalue weighted by Gasteiger charge is -2.33. The Kier molecular flexibility index (Phi) is 9.12. The topological polar surface area (TPSA) is 30.5 Å². The Morgan fingerprint density at radius 3 is 2.32 bits per heavy atom. The molecule has 0 radical (unpaired) electrons. The summed E-state index contributed by atoms with van der Waals surface area (Å²) in [6, 6.07) is 0. The van der Waals surface area contributed by atoms with Gasteiger partial charge in [-0.2, -0.15) is 0 Å². The first kappa shape index (κ1) is 16.7. The molecule has 0 aliphatic carbocycles. The summed E-state index contributed by atoms with van der Waals surface area (Å²) in [5, 5.41) is 6.28. The largest absolute Gasteiger partial charge is 0.362 e. The summed E-state index contributed by atoms with van der Waals surface area (Å²) < 4.78 is 0. The summed E-state index contributed by atoms with van der Waals surface area (Å²) in [6.45, 7) is 7.53. The number of hydrogen-bond acceptors (Lipinski definition) is 3. The fourth-order valence-electron chi connectivity index (χ4n) is 2.21. The van der Waals surface area contributed by atoms with E-state index in [9.17, 15) is 0 Å². The highest BCUT2D eigenvalue weighted by atomic mass is 32.1. The van der Waals surface area contributed by atoms with Crippen molar-refractivity contribution in [1.29, 1.82) is 0 Å². The number of nitrogens with one attached hydrogen (secondary N) is 2. The van der Waals surface area contributed by atoms with Crippen LogP contribution in [0.4, 0.5) is 0 Å². The van der Waals surface area contributed by atoms with Gasteiger partial charge in [-0.1, -0.05) is 39.0 Å². The van der Waals surface area contributed by atoms with Gasteiger partial charge in [-0.25, -0.2) is 5.01 Å². The van der Waals surface area contributed by atoms with E-state index in [0.717, 1.165) is 37.8 Å². The molecule has 0 aromatic heterocycles. The highest BCUT2D eigenvalue weighted by molar-refractivity contribution is 7.80. The van der Waals surface area contributed by atoms with Crippen molar-refractivity contribution < 1.29 is 0 Å². The SMILES string of the molecule is CCCCCCCCNC(=S)NN1CCN(C)CC1. The van der Waals surface area contributed by atoms with Gasteiger partial charge in [0.2, 0.25) is 0 Å². The van der Waals surface area contributed by atoms with E-state index in [0.29, 0.717) is 0 Å². The van der Waals surface area contributed by atoms with Crippen LogP contribution in [-0.4, -0.2) is 54.8 Å². The fraction of sp³-hybridized carbons (Fsp3) is 0.929. The Morgan fingerprint density at radius 1 is 1.00 bits per heavy atom. The Hall–Kier alpha value is -0.390. The Balaban J connectivity index is 1.93. The number of hydrogen-bond donors (Lipinski definition) is 2. The van der Waals surface area contributed by atoms with E-state index in [-0.39, 0.29) is 0 Å². The molecule has 0 atom stereocenters. The van der Waals surface area contributed by atoms with Gasteiger partial charge in [-0.3, -0.25) is 5.43 Å². The second kappa shape index (κ2) is 10.4. The van der Waals surface area contributed by atoms with E-state index < -0.39 is 0 Å². The standard InChI is InChI=1S/C14H30N4S/c1-3-4-5-6-7-8-9-15-14(19)16-18-12-10-17(2)11-13-18/h3-13H2,1-2H3,(H2,15,16,19). The van der Waals surface area contributed by atoms with Crippen molar-refractivity contribution in [3.8, 4) is 0 Å². The molecular formula is C14H30N4S. The van der Waals surface area contributed by atoms with Crippen LogP contribution in [0.5, 0.6) is 0 Å². The zero-order valence-corrected chi connectivity index (χ0v) is 13.4. The lowest BCUT2D eigenvalue weighted by atomic mass is 10.1. The molecule has 5 heteroatoms. The van der Waals surface area contributed by atoms with E-state index in [2.05, 4.69) is 34.6 Å². The van der Waals surface area contributed by atoms with Crippen LogP contribution in [0.3, 0.4) is 0 Å². The Morgan fingerprint density at radius 2 is 1.63 bits per heavy atom. The van der Waals surface area contributed by atoms with Crippen molar-refractivity contribution >= 4 is 17.3 Å². The molecule has 2 N–H and O–H groups in total. The maximum atomic E-state index is 5.31. The van der Waals surface area contributed by atoms with Gasteiger partial charge in [0.15, 0.2) is 5.11 Å². The van der Waals surface area contributed by atoms with Gasteiger partial charge in [0.1, 0.15) is 0 Å². The molecule has 0 aromatic carbocycles. The smallest absolute Gasteiger partial charge is 0.181 e. The zero-order valence-electron chi connectivity index (χ0n) is 12.6. The summed E-state index contributed by atoms with van der Waals surface area (Å²) in [7, 11) is 2.16. The van der Waals surface area contributed by atoms with Crippen molar-refractivity contribution in [2.24, 2.45) is 0 Å². The molecule has 0 amide bonds. The van der Waals surface area contributed by atoms with Crippen LogP contribution in [-0.2, 0) is 0 Å². The third-order valence-electron chi connectivity index (χ3n) is 3.58. The monoisotopic (exact) mass is 286 g/mol. The lowest BCUT2D eigenvalue weighted by Crippen LogP contribution is -2.54. The van der Waals surface area contributed by atoms with Crippen LogP contribution in [0.1, 0.15) is 45.4 Å². The quantitative estimate of drug-likeness (QED) is 0.526. The maximum Gasteiger partial charge on any atom is 0.181 e. The Labute approximate surface area is 123 Å². The van der Waals surface area contributed by atoms with Crippen LogP contribution in [0.2, 0.25) is 0 Å². The first-order chi connectivity index (χ1) is 9.22. The van der Waals surface area contributed by atoms with Crippen molar-refractivity contribution in [2.75, 3.05) is 39.8 Å². The third kappa shape index (κ3) is 8.39. The number of thiocarbonyl (C=S) groups is 1. The molecule has 0 spiro atoms. The fourth-order valence-corrected chi connectivity index (χ4v) is 2.44. The molecule has 0 saturated carbocycles. The van der Waals surface area contributed by atoms with E-state index in [4.69, 9.17) is 12.2 Å². The van der Waals surface area contributed by atoms with Gasteiger partial charge >= 0.3 is 0 Å². The molecule has 0 bridgehead atoms.